The maximum absolute atomic E-state index is 11.8. The molecule has 1 aromatic carbocycles. The van der Waals surface area contributed by atoms with Crippen LogP contribution in [0.15, 0.2) is 18.2 Å². The highest BCUT2D eigenvalue weighted by Crippen LogP contribution is 2.20. The van der Waals surface area contributed by atoms with E-state index in [2.05, 4.69) is 5.32 Å². The van der Waals surface area contributed by atoms with Gasteiger partial charge in [0.25, 0.3) is 5.91 Å². The molecule has 1 aliphatic rings. The van der Waals surface area contributed by atoms with Crippen molar-refractivity contribution >= 4 is 11.9 Å². The number of hydrogen-bond donors (Lipinski definition) is 3. The number of fused-ring (bicyclic) bond motifs is 1. The van der Waals surface area contributed by atoms with Gasteiger partial charge in [-0.1, -0.05) is 6.07 Å². The number of carbonyl (C=O) groups excluding carboxylic acids is 1. The van der Waals surface area contributed by atoms with Gasteiger partial charge in [-0.05, 0) is 23.3 Å². The minimum absolute atomic E-state index is 0.360. The van der Waals surface area contributed by atoms with Gasteiger partial charge in [-0.3, -0.25) is 4.79 Å². The number of aliphatic hydroxyl groups is 1. The molecule has 6 heteroatoms. The standard InChI is InChI=1S/C12H13NO5/c14-4-10(12(16)17)13-11(15)7-1-2-8-5-18-6-9(8)3-7/h1-3,10,14H,4-6H2,(H,13,15)(H,16,17)/t10-/m0/s1. The lowest BCUT2D eigenvalue weighted by Crippen LogP contribution is -2.43. The molecule has 0 bridgehead atoms. The maximum Gasteiger partial charge on any atom is 0.328 e. The highest BCUT2D eigenvalue weighted by molar-refractivity contribution is 5.96. The zero-order chi connectivity index (χ0) is 13.1. The van der Waals surface area contributed by atoms with E-state index in [1.807, 2.05) is 0 Å². The Morgan fingerprint density at radius 1 is 1.33 bits per heavy atom. The lowest BCUT2D eigenvalue weighted by Gasteiger charge is -2.12. The number of benzene rings is 1. The van der Waals surface area contributed by atoms with Crippen LogP contribution in [0.2, 0.25) is 0 Å². The van der Waals surface area contributed by atoms with Crippen LogP contribution in [0.25, 0.3) is 0 Å². The molecule has 1 heterocycles. The van der Waals surface area contributed by atoms with Crippen molar-refractivity contribution in [1.82, 2.24) is 5.32 Å². The fourth-order valence-electron chi connectivity index (χ4n) is 1.74. The average molecular weight is 251 g/mol. The van der Waals surface area contributed by atoms with E-state index in [4.69, 9.17) is 14.9 Å². The molecule has 1 atom stereocenters. The smallest absolute Gasteiger partial charge is 0.328 e. The van der Waals surface area contributed by atoms with Gasteiger partial charge in [0.05, 0.1) is 19.8 Å². The van der Waals surface area contributed by atoms with E-state index in [0.717, 1.165) is 11.1 Å². The first-order chi connectivity index (χ1) is 8.61. The molecule has 0 aromatic heterocycles. The molecule has 96 valence electrons. The second-order valence-electron chi connectivity index (χ2n) is 4.02. The summed E-state index contributed by atoms with van der Waals surface area (Å²) in [6.07, 6.45) is 0. The van der Waals surface area contributed by atoms with Crippen LogP contribution in [0.1, 0.15) is 21.5 Å². The van der Waals surface area contributed by atoms with Crippen LogP contribution in [0.4, 0.5) is 0 Å². The molecule has 0 saturated carbocycles. The number of rotatable bonds is 4. The molecule has 0 radical (unpaired) electrons. The number of carboxylic acids is 1. The molecule has 6 nitrogen and oxygen atoms in total. The van der Waals surface area contributed by atoms with Crippen LogP contribution in [0, 0.1) is 0 Å². The van der Waals surface area contributed by atoms with Gasteiger partial charge in [0.1, 0.15) is 0 Å². The van der Waals surface area contributed by atoms with Crippen molar-refractivity contribution in [2.75, 3.05) is 6.61 Å². The number of hydrogen-bond acceptors (Lipinski definition) is 4. The van der Waals surface area contributed by atoms with Crippen LogP contribution in [-0.4, -0.2) is 34.7 Å². The first kappa shape index (κ1) is 12.5. The van der Waals surface area contributed by atoms with Crippen LogP contribution in [0.3, 0.4) is 0 Å². The Labute approximate surface area is 103 Å². The molecule has 0 unspecified atom stereocenters. The average Bonchev–Trinajstić information content (AvgIpc) is 2.82. The molecule has 1 aliphatic heterocycles. The Balaban J connectivity index is 2.12. The molecule has 3 N–H and O–H groups in total. The van der Waals surface area contributed by atoms with E-state index in [9.17, 15) is 9.59 Å². The van der Waals surface area contributed by atoms with E-state index in [0.29, 0.717) is 18.8 Å². The number of carboxylic acid groups (broad SMARTS) is 1. The molecule has 0 fully saturated rings. The van der Waals surface area contributed by atoms with E-state index in [1.54, 1.807) is 18.2 Å². The highest BCUT2D eigenvalue weighted by atomic mass is 16.5. The number of amides is 1. The first-order valence-corrected chi connectivity index (χ1v) is 5.46. The van der Waals surface area contributed by atoms with Gasteiger partial charge in [-0.15, -0.1) is 0 Å². The van der Waals surface area contributed by atoms with Gasteiger partial charge in [-0.25, -0.2) is 4.79 Å². The molecular formula is C12H13NO5. The van der Waals surface area contributed by atoms with E-state index in [-0.39, 0.29) is 0 Å². The van der Waals surface area contributed by atoms with Crippen molar-refractivity contribution in [3.63, 3.8) is 0 Å². The van der Waals surface area contributed by atoms with Gasteiger partial charge in [0.2, 0.25) is 0 Å². The molecule has 1 amide bonds. The van der Waals surface area contributed by atoms with E-state index >= 15 is 0 Å². The van der Waals surface area contributed by atoms with Crippen LogP contribution in [-0.2, 0) is 22.7 Å². The normalized spacial score (nSPS) is 14.9. The lowest BCUT2D eigenvalue weighted by molar-refractivity contribution is -0.140. The van der Waals surface area contributed by atoms with Crippen molar-refractivity contribution in [3.8, 4) is 0 Å². The van der Waals surface area contributed by atoms with Gasteiger partial charge in [0.15, 0.2) is 6.04 Å². The third-order valence-corrected chi connectivity index (χ3v) is 2.77. The number of nitrogens with one attached hydrogen (secondary N) is 1. The van der Waals surface area contributed by atoms with Crippen LogP contribution in [0.5, 0.6) is 0 Å². The predicted molar refractivity (Wildman–Crippen MR) is 60.9 cm³/mol. The topological polar surface area (TPSA) is 95.9 Å². The summed E-state index contributed by atoms with van der Waals surface area (Å²) in [7, 11) is 0. The molecular weight excluding hydrogens is 238 g/mol. The summed E-state index contributed by atoms with van der Waals surface area (Å²) in [6.45, 7) is 0.347. The summed E-state index contributed by atoms with van der Waals surface area (Å²) in [5.74, 6) is -1.79. The summed E-state index contributed by atoms with van der Waals surface area (Å²) in [4.78, 5) is 22.5. The van der Waals surface area contributed by atoms with Crippen molar-refractivity contribution in [2.24, 2.45) is 0 Å². The number of carbonyl (C=O) groups is 2. The highest BCUT2D eigenvalue weighted by Gasteiger charge is 2.20. The Bertz CT molecular complexity index is 485. The largest absolute Gasteiger partial charge is 0.480 e. The summed E-state index contributed by atoms with van der Waals surface area (Å²) in [5.41, 5.74) is 2.32. The third-order valence-electron chi connectivity index (χ3n) is 2.77. The van der Waals surface area contributed by atoms with Crippen molar-refractivity contribution in [2.45, 2.75) is 19.3 Å². The molecule has 1 aromatic rings. The molecule has 0 spiro atoms. The fraction of sp³-hybridized carbons (Fsp3) is 0.333. The zero-order valence-corrected chi connectivity index (χ0v) is 9.55. The SMILES string of the molecule is O=C(N[C@@H](CO)C(=O)O)c1ccc2c(c1)COC2. The molecule has 18 heavy (non-hydrogen) atoms. The predicted octanol–water partition coefficient (Wildman–Crippen LogP) is -0.108. The van der Waals surface area contributed by atoms with Crippen molar-refractivity contribution in [3.05, 3.63) is 34.9 Å². The fourth-order valence-corrected chi connectivity index (χ4v) is 1.74. The quantitative estimate of drug-likeness (QED) is 0.694. The Hall–Kier alpha value is -1.92. The summed E-state index contributed by atoms with van der Waals surface area (Å²) >= 11 is 0. The summed E-state index contributed by atoms with van der Waals surface area (Å²) < 4.78 is 5.22. The van der Waals surface area contributed by atoms with Crippen molar-refractivity contribution < 1.29 is 24.5 Å². The minimum atomic E-state index is -1.29. The summed E-state index contributed by atoms with van der Waals surface area (Å²) in [5, 5.41) is 19.8. The second kappa shape index (κ2) is 5.16. The minimum Gasteiger partial charge on any atom is -0.480 e. The van der Waals surface area contributed by atoms with E-state index < -0.39 is 24.5 Å². The number of ether oxygens (including phenoxy) is 1. The van der Waals surface area contributed by atoms with Crippen LogP contribution < -0.4 is 5.32 Å². The maximum atomic E-state index is 11.8. The molecule has 2 rings (SSSR count). The van der Waals surface area contributed by atoms with Gasteiger partial charge in [0, 0.05) is 5.56 Å². The van der Waals surface area contributed by atoms with Crippen LogP contribution >= 0.6 is 0 Å². The van der Waals surface area contributed by atoms with Gasteiger partial charge < -0.3 is 20.3 Å². The van der Waals surface area contributed by atoms with Crippen molar-refractivity contribution in [1.29, 1.82) is 0 Å². The monoisotopic (exact) mass is 251 g/mol. The Kier molecular flexibility index (Phi) is 3.59. The summed E-state index contributed by atoms with van der Waals surface area (Å²) in [6, 6.07) is 3.78. The Morgan fingerprint density at radius 3 is 2.72 bits per heavy atom. The Morgan fingerprint density at radius 2 is 2.06 bits per heavy atom. The van der Waals surface area contributed by atoms with E-state index in [1.165, 1.54) is 0 Å². The number of aliphatic carboxylic acids is 1. The van der Waals surface area contributed by atoms with Gasteiger partial charge in [-0.2, -0.15) is 0 Å². The first-order valence-electron chi connectivity index (χ1n) is 5.46. The molecule has 0 aliphatic carbocycles. The second-order valence-corrected chi connectivity index (χ2v) is 4.02. The number of aliphatic hydroxyl groups excluding tert-OH is 1. The van der Waals surface area contributed by atoms with Gasteiger partial charge >= 0.3 is 5.97 Å². The zero-order valence-electron chi connectivity index (χ0n) is 9.55. The third kappa shape index (κ3) is 2.49. The lowest BCUT2D eigenvalue weighted by atomic mass is 10.1. The molecule has 0 saturated heterocycles.